The molecule has 2 saturated carbocycles. The van der Waals surface area contributed by atoms with Crippen molar-refractivity contribution in [2.24, 2.45) is 5.92 Å². The van der Waals surface area contributed by atoms with Gasteiger partial charge >= 0.3 is 12.2 Å². The molecule has 0 spiro atoms. The van der Waals surface area contributed by atoms with E-state index in [1.54, 1.807) is 32.9 Å². The molecule has 2 aliphatic carbocycles. The van der Waals surface area contributed by atoms with Crippen molar-refractivity contribution in [3.05, 3.63) is 81.9 Å². The Morgan fingerprint density at radius 3 is 2.37 bits per heavy atom. The third-order valence-corrected chi connectivity index (χ3v) is 15.4. The predicted octanol–water partition coefficient (Wildman–Crippen LogP) is 2.48. The van der Waals surface area contributed by atoms with E-state index in [1.165, 1.54) is 17.0 Å². The van der Waals surface area contributed by atoms with E-state index >= 15 is 0 Å². The van der Waals surface area contributed by atoms with Crippen LogP contribution in [0.2, 0.25) is 0 Å². The van der Waals surface area contributed by atoms with Crippen LogP contribution in [0.1, 0.15) is 70.4 Å². The molecular formula is C41H51N7O13S2. The highest BCUT2D eigenvalue weighted by molar-refractivity contribution is 7.91. The number of ether oxygens (including phenoxy) is 2. The van der Waals surface area contributed by atoms with Gasteiger partial charge < -0.3 is 29.9 Å². The lowest BCUT2D eigenvalue weighted by molar-refractivity contribution is -0.387. The van der Waals surface area contributed by atoms with Gasteiger partial charge in [0.2, 0.25) is 31.9 Å². The Morgan fingerprint density at radius 2 is 1.67 bits per heavy atom. The summed E-state index contributed by atoms with van der Waals surface area (Å²) in [6, 6.07) is 9.04. The average Bonchev–Trinajstić information content (AvgIpc) is 4.15. The fraction of sp³-hybridized carbons (Fsp3) is 0.537. The molecule has 0 unspecified atom stereocenters. The van der Waals surface area contributed by atoms with Crippen LogP contribution in [0.15, 0.2) is 65.6 Å². The number of rotatable bonds is 8. The third-order valence-electron chi connectivity index (χ3n) is 11.7. The van der Waals surface area contributed by atoms with Gasteiger partial charge in [-0.2, -0.15) is 4.31 Å². The first-order chi connectivity index (χ1) is 29.7. The van der Waals surface area contributed by atoms with Gasteiger partial charge in [-0.1, -0.05) is 48.6 Å². The molecule has 3 aliphatic heterocycles. The lowest BCUT2D eigenvalue weighted by Crippen LogP contribution is -2.60. The first-order valence-electron chi connectivity index (χ1n) is 20.8. The maximum atomic E-state index is 15.0. The Bertz CT molecular complexity index is 2440. The van der Waals surface area contributed by atoms with Crippen LogP contribution in [-0.2, 0) is 56.9 Å². The molecule has 0 bridgehead atoms. The summed E-state index contributed by atoms with van der Waals surface area (Å²) in [4.78, 5) is 83.5. The minimum Gasteiger partial charge on any atom is -0.444 e. The van der Waals surface area contributed by atoms with Gasteiger partial charge in [0.15, 0.2) is 4.90 Å². The van der Waals surface area contributed by atoms with Crippen LogP contribution in [0.5, 0.6) is 0 Å². The summed E-state index contributed by atoms with van der Waals surface area (Å²) in [5.41, 5.74) is -1.54. The van der Waals surface area contributed by atoms with Crippen molar-refractivity contribution in [1.82, 2.24) is 29.5 Å². The second kappa shape index (κ2) is 17.5. The van der Waals surface area contributed by atoms with Crippen LogP contribution >= 0.6 is 0 Å². The number of carbonyl (C=O) groups excluding carboxylic acids is 5. The first kappa shape index (κ1) is 45.4. The zero-order valence-corrected chi connectivity index (χ0v) is 36.7. The molecule has 5 amide bonds. The predicted molar refractivity (Wildman–Crippen MR) is 223 cm³/mol. The number of para-hydroxylation sites is 1. The number of sulfonamides is 2. The highest BCUT2D eigenvalue weighted by atomic mass is 32.2. The van der Waals surface area contributed by atoms with Gasteiger partial charge in [0.25, 0.3) is 11.6 Å². The van der Waals surface area contributed by atoms with Gasteiger partial charge in [-0.3, -0.25) is 29.2 Å². The number of benzene rings is 2. The molecule has 7 rings (SSSR count). The minimum absolute atomic E-state index is 0.00220. The van der Waals surface area contributed by atoms with Crippen molar-refractivity contribution in [2.75, 3.05) is 26.2 Å². The first-order valence-corrected chi connectivity index (χ1v) is 23.8. The summed E-state index contributed by atoms with van der Waals surface area (Å²) in [6.45, 7) is 3.79. The second-order valence-electron chi connectivity index (χ2n) is 17.5. The highest BCUT2D eigenvalue weighted by Gasteiger charge is 2.62. The molecule has 1 saturated heterocycles. The number of nitrogens with one attached hydrogen (secondary N) is 3. The number of carbonyl (C=O) groups is 5. The number of nitrogens with zero attached hydrogens (tertiary/aromatic N) is 4. The van der Waals surface area contributed by atoms with Gasteiger partial charge in [-0.15, -0.1) is 0 Å². The number of hydrogen-bond donors (Lipinski definition) is 3. The number of amides is 5. The van der Waals surface area contributed by atoms with Crippen molar-refractivity contribution < 1.29 is 55.2 Å². The molecule has 2 aromatic carbocycles. The number of fused-ring (bicyclic) bond motifs is 3. The largest absolute Gasteiger partial charge is 0.444 e. The third kappa shape index (κ3) is 10.1. The molecule has 5 aliphatic rings. The number of hydrogen-bond acceptors (Lipinski definition) is 13. The average molecular weight is 914 g/mol. The molecule has 3 heterocycles. The molecule has 63 heavy (non-hydrogen) atoms. The molecule has 340 valence electrons. The van der Waals surface area contributed by atoms with Crippen LogP contribution in [0, 0.1) is 16.0 Å². The maximum absolute atomic E-state index is 15.0. The SMILES string of the molecule is CC(C)(C)OC(=O)N[C@H]1CN(S(=O)(=O)c2ccccc2[N+](=O)[O-])CCC/C=C\[C@@H]2C[C@@]2(C(=O)NS(=O)(=O)C2CC2)NC(=O)[C@@H]2C[C@@H](OC(=O)N3CCc4ccccc4C3)CN2C1=O. The van der Waals surface area contributed by atoms with Crippen LogP contribution < -0.4 is 15.4 Å². The Morgan fingerprint density at radius 1 is 0.968 bits per heavy atom. The standard InChI is InChI=1S/C41H51N7O13S2/c1-40(2,3)61-38(52)42-31-25-46(63(58,59)34-15-9-8-14-32(34)48(54)55)19-10-4-5-13-28-22-41(28,37(51)44-62(56,57)30-16-17-30)43-35(49)33-21-29(24-47(33)36(31)50)60-39(53)45-20-18-26-11-6-7-12-27(26)23-45/h5-9,11-15,28-31,33H,4,10,16-25H2,1-3H3,(H,42,52)(H,43,49)(H,44,51)/b13-5-/t28-,29-,31+,33+,41-/m1/s1. The van der Waals surface area contributed by atoms with Gasteiger partial charge in [-0.25, -0.2) is 26.4 Å². The number of allylic oxidation sites excluding steroid dienone is 1. The molecule has 22 heteroatoms. The van der Waals surface area contributed by atoms with Crippen molar-refractivity contribution in [3.63, 3.8) is 0 Å². The van der Waals surface area contributed by atoms with Crippen LogP contribution in [0.25, 0.3) is 0 Å². The minimum atomic E-state index is -4.77. The molecule has 2 aromatic rings. The summed E-state index contributed by atoms with van der Waals surface area (Å²) in [5.74, 6) is -3.55. The Balaban J connectivity index is 1.25. The molecule has 3 fully saturated rings. The topological polar surface area (TPSA) is 261 Å². The smallest absolute Gasteiger partial charge is 0.410 e. The van der Waals surface area contributed by atoms with Crippen molar-refractivity contribution in [2.45, 2.75) is 112 Å². The molecule has 3 N–H and O–H groups in total. The fourth-order valence-electron chi connectivity index (χ4n) is 8.17. The van der Waals surface area contributed by atoms with E-state index in [9.17, 15) is 50.9 Å². The lowest BCUT2D eigenvalue weighted by Gasteiger charge is -2.32. The molecule has 0 aromatic heterocycles. The van der Waals surface area contributed by atoms with Gasteiger partial charge in [0.05, 0.1) is 16.7 Å². The summed E-state index contributed by atoms with van der Waals surface area (Å²) in [6.07, 6.45) is 1.61. The monoisotopic (exact) mass is 913 g/mol. The normalized spacial score (nSPS) is 26.3. The quantitative estimate of drug-likeness (QED) is 0.196. The Hall–Kier alpha value is -5.61. The van der Waals surface area contributed by atoms with Gasteiger partial charge in [-0.05, 0) is 76.5 Å². The molecule has 0 radical (unpaired) electrons. The van der Waals surface area contributed by atoms with Gasteiger partial charge in [0, 0.05) is 44.6 Å². The summed E-state index contributed by atoms with van der Waals surface area (Å²) in [5, 5.41) is 16.5. The van der Waals surface area contributed by atoms with E-state index in [4.69, 9.17) is 9.47 Å². The van der Waals surface area contributed by atoms with E-state index < -0.39 is 119 Å². The molecule has 5 atom stereocenters. The second-order valence-corrected chi connectivity index (χ2v) is 21.4. The Labute approximate surface area is 364 Å². The Kier molecular flexibility index (Phi) is 12.6. The summed E-state index contributed by atoms with van der Waals surface area (Å²) >= 11 is 0. The van der Waals surface area contributed by atoms with Gasteiger partial charge in [0.1, 0.15) is 29.3 Å². The highest BCUT2D eigenvalue weighted by Crippen LogP contribution is 2.46. The van der Waals surface area contributed by atoms with Crippen LogP contribution in [0.4, 0.5) is 15.3 Å². The maximum Gasteiger partial charge on any atom is 0.410 e. The fourth-order valence-corrected chi connectivity index (χ4v) is 11.2. The molecular weight excluding hydrogens is 863 g/mol. The molecule has 20 nitrogen and oxygen atoms in total. The van der Waals surface area contributed by atoms with Crippen LogP contribution in [0.3, 0.4) is 0 Å². The van der Waals surface area contributed by atoms with Crippen molar-refractivity contribution in [3.8, 4) is 0 Å². The lowest BCUT2D eigenvalue weighted by atomic mass is 10.0. The van der Waals surface area contributed by atoms with E-state index in [1.807, 2.05) is 24.3 Å². The number of nitro groups is 1. The van der Waals surface area contributed by atoms with E-state index in [0.717, 1.165) is 32.5 Å². The van der Waals surface area contributed by atoms with Crippen LogP contribution in [-0.4, -0.2) is 127 Å². The van der Waals surface area contributed by atoms with E-state index in [2.05, 4.69) is 15.4 Å². The number of nitro benzene ring substituents is 1. The number of alkyl carbamates (subject to hydrolysis) is 1. The summed E-state index contributed by atoms with van der Waals surface area (Å²) < 4.78 is 69.0. The van der Waals surface area contributed by atoms with E-state index in [0.29, 0.717) is 25.8 Å². The zero-order chi connectivity index (χ0) is 45.5. The van der Waals surface area contributed by atoms with Crippen molar-refractivity contribution >= 4 is 55.6 Å². The van der Waals surface area contributed by atoms with Crippen molar-refractivity contribution in [1.29, 1.82) is 0 Å². The van der Waals surface area contributed by atoms with E-state index in [-0.39, 0.29) is 38.8 Å². The zero-order valence-electron chi connectivity index (χ0n) is 35.1. The summed E-state index contributed by atoms with van der Waals surface area (Å²) in [7, 11) is -8.82.